The Labute approximate surface area is 86.5 Å². The van der Waals surface area contributed by atoms with Crippen LogP contribution in [-0.2, 0) is 0 Å². The van der Waals surface area contributed by atoms with Crippen molar-refractivity contribution in [3.05, 3.63) is 29.3 Å². The van der Waals surface area contributed by atoms with Crippen LogP contribution in [-0.4, -0.2) is 6.54 Å². The molecule has 1 aliphatic carbocycles. The predicted octanol–water partition coefficient (Wildman–Crippen LogP) is 3.52. The van der Waals surface area contributed by atoms with E-state index in [0.29, 0.717) is 0 Å². The number of rotatable bonds is 3. The summed E-state index contributed by atoms with van der Waals surface area (Å²) in [7, 11) is 0. The summed E-state index contributed by atoms with van der Waals surface area (Å²) in [6, 6.07) is 6.67. The largest absolute Gasteiger partial charge is 0.385 e. The van der Waals surface area contributed by atoms with Gasteiger partial charge in [-0.2, -0.15) is 0 Å². The molecule has 2 rings (SSSR count). The van der Waals surface area contributed by atoms with Gasteiger partial charge in [-0.3, -0.25) is 0 Å². The van der Waals surface area contributed by atoms with Gasteiger partial charge >= 0.3 is 0 Å². The fraction of sp³-hybridized carbons (Fsp3) is 0.538. The van der Waals surface area contributed by atoms with E-state index in [0.717, 1.165) is 12.5 Å². The second-order valence-corrected chi connectivity index (χ2v) is 4.55. The van der Waals surface area contributed by atoms with Crippen LogP contribution in [0.1, 0.15) is 30.4 Å². The molecule has 1 aliphatic rings. The van der Waals surface area contributed by atoms with Crippen LogP contribution in [0.2, 0.25) is 0 Å². The highest BCUT2D eigenvalue weighted by atomic mass is 14.9. The lowest BCUT2D eigenvalue weighted by molar-refractivity contribution is 0.333. The Morgan fingerprint density at radius 2 is 1.79 bits per heavy atom. The topological polar surface area (TPSA) is 12.0 Å². The van der Waals surface area contributed by atoms with Crippen LogP contribution in [0.5, 0.6) is 0 Å². The Morgan fingerprint density at radius 3 is 2.29 bits per heavy atom. The maximum Gasteiger partial charge on any atom is 0.0345 e. The molecular weight excluding hydrogens is 170 g/mol. The Balaban J connectivity index is 1.94. The Kier molecular flexibility index (Phi) is 2.76. The minimum Gasteiger partial charge on any atom is -0.385 e. The van der Waals surface area contributed by atoms with Crippen molar-refractivity contribution in [2.75, 3.05) is 11.9 Å². The zero-order valence-electron chi connectivity index (χ0n) is 9.14. The van der Waals surface area contributed by atoms with E-state index in [1.807, 2.05) is 0 Å². The van der Waals surface area contributed by atoms with Crippen molar-refractivity contribution in [3.63, 3.8) is 0 Å². The normalized spacial score (nSPS) is 16.4. The Hall–Kier alpha value is -0.980. The van der Waals surface area contributed by atoms with E-state index in [-0.39, 0.29) is 0 Å². The molecule has 1 heteroatoms. The monoisotopic (exact) mass is 189 g/mol. The SMILES string of the molecule is Cc1cc(C)cc(NCC2CCC2)c1. The molecule has 1 nitrogen and oxygen atoms in total. The van der Waals surface area contributed by atoms with E-state index >= 15 is 0 Å². The molecular formula is C13H19N. The smallest absolute Gasteiger partial charge is 0.0345 e. The molecule has 0 heterocycles. The molecule has 0 aliphatic heterocycles. The summed E-state index contributed by atoms with van der Waals surface area (Å²) in [6.07, 6.45) is 4.26. The highest BCUT2D eigenvalue weighted by molar-refractivity contribution is 5.48. The van der Waals surface area contributed by atoms with Crippen molar-refractivity contribution in [2.24, 2.45) is 5.92 Å². The van der Waals surface area contributed by atoms with Gasteiger partial charge in [0.2, 0.25) is 0 Å². The third-order valence-corrected chi connectivity index (χ3v) is 3.04. The average Bonchev–Trinajstić information content (AvgIpc) is 1.99. The van der Waals surface area contributed by atoms with Crippen molar-refractivity contribution < 1.29 is 0 Å². The van der Waals surface area contributed by atoms with Crippen LogP contribution >= 0.6 is 0 Å². The molecule has 1 fully saturated rings. The van der Waals surface area contributed by atoms with Crippen LogP contribution < -0.4 is 5.32 Å². The lowest BCUT2D eigenvalue weighted by atomic mass is 9.85. The van der Waals surface area contributed by atoms with Crippen molar-refractivity contribution >= 4 is 5.69 Å². The van der Waals surface area contributed by atoms with Gasteiger partial charge in [-0.1, -0.05) is 12.5 Å². The summed E-state index contributed by atoms with van der Waals surface area (Å²) in [5.74, 6) is 0.927. The van der Waals surface area contributed by atoms with E-state index in [2.05, 4.69) is 37.4 Å². The van der Waals surface area contributed by atoms with Gasteiger partial charge in [-0.05, 0) is 55.9 Å². The van der Waals surface area contributed by atoms with Gasteiger partial charge in [0.05, 0.1) is 0 Å². The van der Waals surface area contributed by atoms with E-state index in [1.54, 1.807) is 0 Å². The maximum atomic E-state index is 3.53. The second kappa shape index (κ2) is 4.04. The number of hydrogen-bond acceptors (Lipinski definition) is 1. The summed E-state index contributed by atoms with van der Waals surface area (Å²) in [4.78, 5) is 0. The highest BCUT2D eigenvalue weighted by Crippen LogP contribution is 2.26. The van der Waals surface area contributed by atoms with Gasteiger partial charge in [0, 0.05) is 12.2 Å². The van der Waals surface area contributed by atoms with Crippen LogP contribution in [0.4, 0.5) is 5.69 Å². The maximum absolute atomic E-state index is 3.53. The van der Waals surface area contributed by atoms with Gasteiger partial charge < -0.3 is 5.32 Å². The minimum absolute atomic E-state index is 0.927. The molecule has 0 saturated heterocycles. The standard InChI is InChI=1S/C13H19N/c1-10-6-11(2)8-13(7-10)14-9-12-4-3-5-12/h6-8,12,14H,3-5,9H2,1-2H3. The molecule has 0 amide bonds. The van der Waals surface area contributed by atoms with Crippen LogP contribution in [0.25, 0.3) is 0 Å². The first-order chi connectivity index (χ1) is 6.74. The van der Waals surface area contributed by atoms with Crippen molar-refractivity contribution in [2.45, 2.75) is 33.1 Å². The molecule has 0 radical (unpaired) electrons. The number of nitrogens with one attached hydrogen (secondary N) is 1. The third kappa shape index (κ3) is 2.28. The Bertz CT molecular complexity index is 293. The summed E-state index contributed by atoms with van der Waals surface area (Å²) >= 11 is 0. The van der Waals surface area contributed by atoms with E-state index < -0.39 is 0 Å². The zero-order valence-corrected chi connectivity index (χ0v) is 9.14. The van der Waals surface area contributed by atoms with Crippen LogP contribution in [0.3, 0.4) is 0 Å². The fourth-order valence-corrected chi connectivity index (χ4v) is 2.04. The second-order valence-electron chi connectivity index (χ2n) is 4.55. The summed E-state index contributed by atoms with van der Waals surface area (Å²) in [5, 5.41) is 3.53. The summed E-state index contributed by atoms with van der Waals surface area (Å²) in [6.45, 7) is 5.46. The van der Waals surface area contributed by atoms with Gasteiger partial charge in [0.1, 0.15) is 0 Å². The first-order valence-corrected chi connectivity index (χ1v) is 5.56. The molecule has 0 unspecified atom stereocenters. The third-order valence-electron chi connectivity index (χ3n) is 3.04. The first kappa shape index (κ1) is 9.57. The molecule has 1 aromatic carbocycles. The van der Waals surface area contributed by atoms with Gasteiger partial charge in [-0.15, -0.1) is 0 Å². The van der Waals surface area contributed by atoms with Crippen molar-refractivity contribution in [1.29, 1.82) is 0 Å². The van der Waals surface area contributed by atoms with Gasteiger partial charge in [-0.25, -0.2) is 0 Å². The highest BCUT2D eigenvalue weighted by Gasteiger charge is 2.16. The number of anilines is 1. The zero-order chi connectivity index (χ0) is 9.97. The van der Waals surface area contributed by atoms with E-state index in [4.69, 9.17) is 0 Å². The first-order valence-electron chi connectivity index (χ1n) is 5.56. The molecule has 14 heavy (non-hydrogen) atoms. The van der Waals surface area contributed by atoms with Crippen LogP contribution in [0.15, 0.2) is 18.2 Å². The Morgan fingerprint density at radius 1 is 1.14 bits per heavy atom. The van der Waals surface area contributed by atoms with E-state index in [9.17, 15) is 0 Å². The molecule has 0 bridgehead atoms. The van der Waals surface area contributed by atoms with Crippen LogP contribution in [0, 0.1) is 19.8 Å². The van der Waals surface area contributed by atoms with Crippen molar-refractivity contribution in [3.8, 4) is 0 Å². The molecule has 0 aromatic heterocycles. The lowest BCUT2D eigenvalue weighted by Crippen LogP contribution is -2.20. The molecule has 76 valence electrons. The molecule has 1 N–H and O–H groups in total. The quantitative estimate of drug-likeness (QED) is 0.767. The predicted molar refractivity (Wildman–Crippen MR) is 61.7 cm³/mol. The lowest BCUT2D eigenvalue weighted by Gasteiger charge is -2.26. The molecule has 1 aromatic rings. The van der Waals surface area contributed by atoms with Gasteiger partial charge in [0.15, 0.2) is 0 Å². The number of benzene rings is 1. The van der Waals surface area contributed by atoms with Gasteiger partial charge in [0.25, 0.3) is 0 Å². The number of aryl methyl sites for hydroxylation is 2. The summed E-state index contributed by atoms with van der Waals surface area (Å²) < 4.78 is 0. The molecule has 1 saturated carbocycles. The van der Waals surface area contributed by atoms with Crippen molar-refractivity contribution in [1.82, 2.24) is 0 Å². The average molecular weight is 189 g/mol. The molecule has 0 atom stereocenters. The summed E-state index contributed by atoms with van der Waals surface area (Å²) in [5.41, 5.74) is 3.98. The number of hydrogen-bond donors (Lipinski definition) is 1. The van der Waals surface area contributed by atoms with E-state index in [1.165, 1.54) is 36.1 Å². The molecule has 0 spiro atoms. The fourth-order valence-electron chi connectivity index (χ4n) is 2.04. The minimum atomic E-state index is 0.927.